The number of rotatable bonds is 0. The topological polar surface area (TPSA) is 229 Å². The number of aromatic nitrogens is 15. The fourth-order valence-corrected chi connectivity index (χ4v) is 26.7. The molecule has 16 aromatic rings. The molecule has 0 spiro atoms. The van der Waals surface area contributed by atoms with E-state index < -0.39 is 0 Å². The highest BCUT2D eigenvalue weighted by Crippen LogP contribution is 2.58. The number of nitrogens with zero attached hydrogens (tertiary/aromatic N) is 17. The Bertz CT molecular complexity index is 6920. The van der Waals surface area contributed by atoms with Gasteiger partial charge in [-0.05, 0) is 179 Å². The minimum atomic E-state index is -0.0704. The van der Waals surface area contributed by atoms with Crippen LogP contribution in [-0.4, -0.2) is 71.0 Å². The summed E-state index contributed by atoms with van der Waals surface area (Å²) in [5, 5.41) is 14.7. The van der Waals surface area contributed by atoms with Crippen molar-refractivity contribution in [2.75, 3.05) is 0 Å². The van der Waals surface area contributed by atoms with Crippen molar-refractivity contribution in [3.05, 3.63) is 109 Å². The number of hydrogen-bond donors (Lipinski definition) is 0. The molecule has 2 unspecified atom stereocenters. The van der Waals surface area contributed by atoms with E-state index in [1.54, 1.807) is 15.9 Å². The zero-order chi connectivity index (χ0) is 99.2. The van der Waals surface area contributed by atoms with Crippen LogP contribution in [0, 0.1) is 55.4 Å². The normalized spacial score (nSPS) is 15.0. The minimum absolute atomic E-state index is 0.0152. The fraction of sp³-hybridized carbons (Fsp3) is 0.581. The largest absolute Gasteiger partial charge is 0.482 e. The van der Waals surface area contributed by atoms with E-state index >= 15 is 0 Å². The maximum Gasteiger partial charge on any atom is 0.176 e. The maximum absolute atomic E-state index is 6.16. The lowest BCUT2D eigenvalue weighted by Crippen LogP contribution is -2.35. The van der Waals surface area contributed by atoms with E-state index in [0.717, 1.165) is 145 Å². The Morgan fingerprint density at radius 1 is 0.271 bits per heavy atom. The summed E-state index contributed by atoms with van der Waals surface area (Å²) in [6.45, 7) is 102. The van der Waals surface area contributed by atoms with Crippen molar-refractivity contribution in [1.29, 1.82) is 0 Å². The minimum Gasteiger partial charge on any atom is -0.482 e. The summed E-state index contributed by atoms with van der Waals surface area (Å²) >= 11 is 13.5. The van der Waals surface area contributed by atoms with Gasteiger partial charge in [-0.25, -0.2) is 9.97 Å². The number of thiophene rings is 3. The molecule has 2 aliphatic rings. The second kappa shape index (κ2) is 35.1. The smallest absolute Gasteiger partial charge is 0.176 e. The first kappa shape index (κ1) is 103. The maximum atomic E-state index is 6.16. The van der Waals surface area contributed by atoms with E-state index in [-0.39, 0.29) is 77.2 Å². The van der Waals surface area contributed by atoms with Crippen molar-refractivity contribution in [2.24, 2.45) is 15.8 Å². The fourth-order valence-electron chi connectivity index (χ4n) is 19.2. The molecule has 0 N–H and O–H groups in total. The average molecular weight is 1960 g/mol. The number of fused-ring (bicyclic) bond motifs is 14. The summed E-state index contributed by atoms with van der Waals surface area (Å²) in [5.41, 5.74) is 36.0. The molecule has 0 saturated heterocycles. The molecule has 714 valence electrons. The molecule has 12 heterocycles. The Labute approximate surface area is 826 Å². The SMILES string of the molecule is CC(C)(C)c1c2c(c(C(C)(C)C)c3nsnc13)N=S=N2.CC1Oc2c(C(C)(C)C)sc(C(C)(C)C)c2OC1C.C[n+]1nc2c(C(C)(C)C)c3nsnc3c(C(C)(C)C)c2[n-]1.Cc1c(C(C)(C)C)c2nsnc2c2c(C)c(C(C)(C)C)c3nsnc3c12.Cc1nc2c(C(C)(C)C)c3nsnc3c(C(C)(C)C)c2nc1C.Cc1sc2c(C(C)(C)C)c3c(C)c(C)sc3c(C(C)(C)C)c2c1C. The summed E-state index contributed by atoms with van der Waals surface area (Å²) in [4.78, 5) is 17.0. The Balaban J connectivity index is 0.000000136. The molecule has 0 saturated carbocycles. The standard InChI is InChI=1S/C22H30S2.C20H24N4S2.C18H24N4S.C16H26O2S.C15H21N5S.C14H18N4S2/c1-11-13(3)23-19-15(11)17(21(5,6)7)20-16(12(2)14(4)24-20)18(19)22(8,9)10;1-9-11-12(16-17(23-26-22-16)13(9)19(3,4)5)10(2)14(20(6,7)8)18-15(11)21-25-24-18;1-9-10(2)20-14-12(18(6,7)8)16-15(21-23-22-16)11(13(14)19-9)17(3,4)5;1-9-10(2)18-12-11(17-9)13(15(3,4)5)19-14(12)16(6,7)8;1-14(2,3)8-10-11(17-20(7)16-10)9(15(4,5)6)13-12(8)18-21-19-13;1-13(2,3)7-9-11(17-19-15-9)8(14(4,5)6)12-10(7)16-20-18-12/h1-10H3;1-8H3;1-8H3;9-10H,1-8H3;1-7H3;1-6H3. The zero-order valence-electron chi connectivity index (χ0n) is 88.2. The first-order chi connectivity index (χ1) is 60.7. The molecule has 0 bridgehead atoms. The van der Waals surface area contributed by atoms with Crippen LogP contribution < -0.4 is 19.4 Å². The van der Waals surface area contributed by atoms with Gasteiger partial charge in [0.2, 0.25) is 0 Å². The van der Waals surface area contributed by atoms with Crippen LogP contribution in [0.25, 0.3) is 108 Å². The third-order valence-electron chi connectivity index (χ3n) is 25.2. The van der Waals surface area contributed by atoms with Gasteiger partial charge in [-0.1, -0.05) is 249 Å². The van der Waals surface area contributed by atoms with Crippen LogP contribution in [0.5, 0.6) is 11.5 Å². The van der Waals surface area contributed by atoms with Crippen LogP contribution in [0.4, 0.5) is 11.4 Å². The summed E-state index contributed by atoms with van der Waals surface area (Å²) in [5.74, 6) is 1.96. The van der Waals surface area contributed by atoms with Crippen molar-refractivity contribution in [1.82, 2.24) is 63.9 Å². The van der Waals surface area contributed by atoms with E-state index in [0.29, 0.717) is 0 Å². The molecule has 133 heavy (non-hydrogen) atoms. The quantitative estimate of drug-likeness (QED) is 0.129. The predicted octanol–water partition coefficient (Wildman–Crippen LogP) is 31.4. The number of benzene rings is 6. The monoisotopic (exact) mass is 1960 g/mol. The van der Waals surface area contributed by atoms with Crippen LogP contribution in [0.2, 0.25) is 0 Å². The summed E-state index contributed by atoms with van der Waals surface area (Å²) < 4.78 is 70.8. The lowest BCUT2D eigenvalue weighted by molar-refractivity contribution is -0.783. The van der Waals surface area contributed by atoms with Crippen molar-refractivity contribution in [3.8, 4) is 11.5 Å². The summed E-state index contributed by atoms with van der Waals surface area (Å²) in [6, 6.07) is 0. The molecule has 0 amide bonds. The highest BCUT2D eigenvalue weighted by molar-refractivity contribution is 7.58. The molecule has 0 aliphatic carbocycles. The highest BCUT2D eigenvalue weighted by Gasteiger charge is 2.42. The van der Waals surface area contributed by atoms with Gasteiger partial charge >= 0.3 is 0 Å². The number of ether oxygens (including phenoxy) is 2. The van der Waals surface area contributed by atoms with E-state index in [1.807, 2.05) is 54.9 Å². The van der Waals surface area contributed by atoms with E-state index in [2.05, 4.69) is 350 Å². The van der Waals surface area contributed by atoms with Gasteiger partial charge in [-0.15, -0.1) is 34.0 Å². The van der Waals surface area contributed by atoms with Gasteiger partial charge in [-0.3, -0.25) is 0 Å². The molecule has 2 atom stereocenters. The second-order valence-corrected chi connectivity index (χ2v) is 55.7. The van der Waals surface area contributed by atoms with Gasteiger partial charge in [0.25, 0.3) is 0 Å². The predicted molar refractivity (Wildman–Crippen MR) is 577 cm³/mol. The lowest BCUT2D eigenvalue weighted by atomic mass is 9.77. The summed E-state index contributed by atoms with van der Waals surface area (Å²) in [7, 11) is 1.87. The molecule has 0 fully saturated rings. The van der Waals surface area contributed by atoms with Crippen LogP contribution in [0.15, 0.2) is 8.73 Å². The van der Waals surface area contributed by atoms with Crippen molar-refractivity contribution in [2.45, 2.75) is 396 Å². The van der Waals surface area contributed by atoms with Crippen molar-refractivity contribution in [3.63, 3.8) is 0 Å². The second-order valence-electron chi connectivity index (χ2n) is 49.0. The zero-order valence-corrected chi connectivity index (χ0v) is 95.6. The van der Waals surface area contributed by atoms with E-state index in [4.69, 9.17) is 36.9 Å². The molecule has 10 aromatic heterocycles. The van der Waals surface area contributed by atoms with Gasteiger partial charge in [0.15, 0.2) is 18.5 Å². The van der Waals surface area contributed by atoms with E-state index in [1.165, 1.54) is 154 Å². The summed E-state index contributed by atoms with van der Waals surface area (Å²) in [6.07, 6.45) is 0.215. The van der Waals surface area contributed by atoms with Crippen LogP contribution in [0.1, 0.15) is 372 Å². The van der Waals surface area contributed by atoms with Crippen LogP contribution in [0.3, 0.4) is 0 Å². The first-order valence-corrected chi connectivity index (χ1v) is 53.2. The molecule has 0 radical (unpaired) electrons. The third kappa shape index (κ3) is 19.1. The molecule has 18 rings (SSSR count). The third-order valence-corrected chi connectivity index (χ3v) is 32.8. The molecule has 6 aromatic carbocycles. The van der Waals surface area contributed by atoms with Crippen molar-refractivity contribution < 1.29 is 14.3 Å². The average Bonchev–Trinajstić information content (AvgIpc) is 1.45. The molecular formula is C105H143N17O2S9. The molecule has 28 heteroatoms. The van der Waals surface area contributed by atoms with Gasteiger partial charge in [0, 0.05) is 84.8 Å². The van der Waals surface area contributed by atoms with Gasteiger partial charge in [0.05, 0.1) is 102 Å². The Morgan fingerprint density at radius 2 is 0.526 bits per heavy atom. The lowest BCUT2D eigenvalue weighted by Gasteiger charge is -2.31. The number of aryl methyl sites for hydroxylation is 9. The van der Waals surface area contributed by atoms with Crippen LogP contribution >= 0.6 is 92.7 Å². The first-order valence-electron chi connectivity index (χ1n) is 46.4. The van der Waals surface area contributed by atoms with Gasteiger partial charge < -0.3 is 9.47 Å². The van der Waals surface area contributed by atoms with Crippen molar-refractivity contribution >= 4 is 224 Å². The number of hydrogen-bond acceptors (Lipinski definition) is 25. The molecular weight excluding hydrogens is 1820 g/mol. The van der Waals surface area contributed by atoms with Crippen LogP contribution in [-0.2, 0) is 83.4 Å². The Morgan fingerprint density at radius 3 is 0.805 bits per heavy atom. The molecule has 2 aliphatic heterocycles. The highest BCUT2D eigenvalue weighted by atomic mass is 32.1. The Kier molecular flexibility index (Phi) is 27.1. The van der Waals surface area contributed by atoms with E-state index in [9.17, 15) is 0 Å². The molecule has 19 nitrogen and oxygen atoms in total. The van der Waals surface area contributed by atoms with Gasteiger partial charge in [0.1, 0.15) is 78.7 Å². The Hall–Kier alpha value is -7.54. The van der Waals surface area contributed by atoms with Gasteiger partial charge in [-0.2, -0.15) is 67.5 Å².